The molecule has 0 radical (unpaired) electrons. The van der Waals surface area contributed by atoms with Gasteiger partial charge in [0.25, 0.3) is 0 Å². The Morgan fingerprint density at radius 3 is 2.48 bits per heavy atom. The molecule has 6 nitrogen and oxygen atoms in total. The van der Waals surface area contributed by atoms with Crippen LogP contribution in [-0.4, -0.2) is 23.7 Å². The van der Waals surface area contributed by atoms with Gasteiger partial charge in [-0.3, -0.25) is 0 Å². The van der Waals surface area contributed by atoms with Crippen LogP contribution >= 0.6 is 0 Å². The lowest BCUT2D eigenvalue weighted by molar-refractivity contribution is -0.274. The molecule has 2 rings (SSSR count). The first kappa shape index (κ1) is 14.7. The van der Waals surface area contributed by atoms with E-state index in [0.29, 0.717) is 11.7 Å². The normalized spacial score (nSPS) is 11.0. The van der Waals surface area contributed by atoms with Crippen molar-refractivity contribution in [1.82, 2.24) is 10.2 Å². The maximum atomic E-state index is 12.2. The summed E-state index contributed by atoms with van der Waals surface area (Å²) in [7, 11) is 1.44. The first-order valence-electron chi connectivity index (χ1n) is 5.68. The highest BCUT2D eigenvalue weighted by Crippen LogP contribution is 2.34. The van der Waals surface area contributed by atoms with Gasteiger partial charge >= 0.3 is 6.36 Å². The monoisotopic (exact) mass is 300 g/mol. The Bertz CT molecular complexity index is 617. The highest BCUT2D eigenvalue weighted by Gasteiger charge is 2.32. The molecule has 112 valence electrons. The summed E-state index contributed by atoms with van der Waals surface area (Å²) in [4.78, 5) is 0. The lowest BCUT2D eigenvalue weighted by atomic mass is 10.2. The number of alkyl halides is 3. The molecule has 0 unspecified atom stereocenters. The summed E-state index contributed by atoms with van der Waals surface area (Å²) < 4.78 is 45.4. The Morgan fingerprint density at radius 2 is 1.90 bits per heavy atom. The topological polar surface area (TPSA) is 82.3 Å². The number of para-hydroxylation sites is 1. The van der Waals surface area contributed by atoms with E-state index in [0.717, 1.165) is 6.07 Å². The predicted octanol–water partition coefficient (Wildman–Crippen LogP) is 2.71. The summed E-state index contributed by atoms with van der Waals surface area (Å²) in [5.74, 6) is 0.114. The van der Waals surface area contributed by atoms with E-state index < -0.39 is 12.1 Å². The molecule has 0 spiro atoms. The number of rotatable bonds is 4. The number of benzene rings is 1. The van der Waals surface area contributed by atoms with E-state index in [1.165, 1.54) is 19.2 Å². The third kappa shape index (κ3) is 3.88. The Kier molecular flexibility index (Phi) is 4.01. The smallest absolute Gasteiger partial charge is 0.480 e. The van der Waals surface area contributed by atoms with Gasteiger partial charge in [0.2, 0.25) is 5.88 Å². The average Bonchev–Trinajstić information content (AvgIpc) is 2.43. The molecule has 0 aliphatic heterocycles. The number of ether oxygens (including phenoxy) is 2. The molecular formula is C12H11F3N4O2. The molecule has 0 amide bonds. The molecule has 1 aromatic carbocycles. The van der Waals surface area contributed by atoms with Gasteiger partial charge in [-0.2, -0.15) is 0 Å². The number of nitrogens with two attached hydrogens (primary N) is 1. The summed E-state index contributed by atoms with van der Waals surface area (Å²) >= 11 is 0. The Labute approximate surface area is 117 Å². The van der Waals surface area contributed by atoms with Crippen LogP contribution in [0.2, 0.25) is 0 Å². The number of nitrogen functional groups attached to an aromatic ring is 1. The third-order valence-corrected chi connectivity index (χ3v) is 2.40. The second kappa shape index (κ2) is 5.73. The fraction of sp³-hybridized carbons (Fsp3) is 0.167. The zero-order valence-corrected chi connectivity index (χ0v) is 10.8. The summed E-state index contributed by atoms with van der Waals surface area (Å²) in [5.41, 5.74) is 5.67. The predicted molar refractivity (Wildman–Crippen MR) is 69.4 cm³/mol. The van der Waals surface area contributed by atoms with Crippen LogP contribution in [0.5, 0.6) is 11.6 Å². The second-order valence-corrected chi connectivity index (χ2v) is 3.85. The molecule has 0 atom stereocenters. The number of nitrogens with zero attached hydrogens (tertiary/aromatic N) is 2. The molecule has 0 fully saturated rings. The van der Waals surface area contributed by atoms with Crippen molar-refractivity contribution < 1.29 is 22.6 Å². The second-order valence-electron chi connectivity index (χ2n) is 3.85. The van der Waals surface area contributed by atoms with Gasteiger partial charge in [0.1, 0.15) is 0 Å². The van der Waals surface area contributed by atoms with Crippen molar-refractivity contribution in [2.75, 3.05) is 18.2 Å². The quantitative estimate of drug-likeness (QED) is 0.845. The van der Waals surface area contributed by atoms with Crippen LogP contribution in [-0.2, 0) is 0 Å². The van der Waals surface area contributed by atoms with E-state index in [1.807, 2.05) is 0 Å². The van der Waals surface area contributed by atoms with Gasteiger partial charge in [0.05, 0.1) is 18.5 Å². The van der Waals surface area contributed by atoms with Gasteiger partial charge in [0, 0.05) is 6.07 Å². The van der Waals surface area contributed by atoms with Crippen LogP contribution in [0.4, 0.5) is 30.4 Å². The number of aromatic nitrogens is 2. The molecule has 0 saturated heterocycles. The van der Waals surface area contributed by atoms with Crippen molar-refractivity contribution in [3.63, 3.8) is 0 Å². The first-order valence-corrected chi connectivity index (χ1v) is 5.68. The summed E-state index contributed by atoms with van der Waals surface area (Å²) in [6.45, 7) is 0. The molecule has 2 aromatic rings. The van der Waals surface area contributed by atoms with Crippen molar-refractivity contribution in [3.8, 4) is 11.6 Å². The van der Waals surface area contributed by atoms with E-state index in [9.17, 15) is 13.2 Å². The largest absolute Gasteiger partial charge is 0.573 e. The fourth-order valence-electron chi connectivity index (χ4n) is 1.50. The molecule has 0 saturated carbocycles. The van der Waals surface area contributed by atoms with Crippen LogP contribution in [0.25, 0.3) is 0 Å². The van der Waals surface area contributed by atoms with Crippen LogP contribution < -0.4 is 20.5 Å². The van der Waals surface area contributed by atoms with E-state index in [-0.39, 0.29) is 11.4 Å². The zero-order chi connectivity index (χ0) is 15.5. The lowest BCUT2D eigenvalue weighted by Gasteiger charge is -2.14. The molecule has 21 heavy (non-hydrogen) atoms. The lowest BCUT2D eigenvalue weighted by Crippen LogP contribution is -2.18. The summed E-state index contributed by atoms with van der Waals surface area (Å²) in [5, 5.41) is 10.3. The van der Waals surface area contributed by atoms with Gasteiger partial charge in [-0.15, -0.1) is 23.4 Å². The fourth-order valence-corrected chi connectivity index (χ4v) is 1.50. The number of nitrogens with one attached hydrogen (secondary N) is 1. The molecular weight excluding hydrogens is 289 g/mol. The highest BCUT2D eigenvalue weighted by atomic mass is 19.4. The minimum absolute atomic E-state index is 0.188. The van der Waals surface area contributed by atoms with Crippen molar-refractivity contribution in [2.45, 2.75) is 6.36 Å². The molecule has 3 N–H and O–H groups in total. The van der Waals surface area contributed by atoms with E-state index in [4.69, 9.17) is 10.5 Å². The zero-order valence-electron chi connectivity index (χ0n) is 10.8. The third-order valence-electron chi connectivity index (χ3n) is 2.40. The minimum atomic E-state index is -4.81. The maximum Gasteiger partial charge on any atom is 0.573 e. The molecule has 0 bridgehead atoms. The first-order chi connectivity index (χ1) is 9.89. The Balaban J connectivity index is 2.21. The molecule has 0 aliphatic rings. The van der Waals surface area contributed by atoms with Gasteiger partial charge < -0.3 is 20.5 Å². The number of hydrogen-bond acceptors (Lipinski definition) is 6. The van der Waals surface area contributed by atoms with Crippen LogP contribution in [0.1, 0.15) is 0 Å². The van der Waals surface area contributed by atoms with E-state index in [1.54, 1.807) is 12.1 Å². The van der Waals surface area contributed by atoms with Crippen LogP contribution in [0.15, 0.2) is 30.3 Å². The molecule has 0 aliphatic carbocycles. The van der Waals surface area contributed by atoms with Crippen molar-refractivity contribution in [1.29, 1.82) is 0 Å². The highest BCUT2D eigenvalue weighted by molar-refractivity contribution is 5.76. The van der Waals surface area contributed by atoms with Crippen molar-refractivity contribution in [2.24, 2.45) is 0 Å². The Morgan fingerprint density at radius 1 is 1.14 bits per heavy atom. The summed E-state index contributed by atoms with van der Waals surface area (Å²) in [6, 6.07) is 7.07. The summed E-state index contributed by atoms with van der Waals surface area (Å²) in [6.07, 6.45) is -4.81. The number of halogens is 3. The van der Waals surface area contributed by atoms with Gasteiger partial charge in [-0.05, 0) is 18.2 Å². The maximum absolute atomic E-state index is 12.2. The van der Waals surface area contributed by atoms with Crippen LogP contribution in [0, 0.1) is 0 Å². The average molecular weight is 300 g/mol. The number of hydrogen-bond donors (Lipinski definition) is 2. The SMILES string of the molecule is COc1ccc(Nc2cccc(OC(F)(F)F)c2N)nn1. The molecule has 1 aromatic heterocycles. The van der Waals surface area contributed by atoms with E-state index >= 15 is 0 Å². The van der Waals surface area contributed by atoms with Crippen LogP contribution in [0.3, 0.4) is 0 Å². The Hall–Kier alpha value is -2.71. The molecule has 9 heteroatoms. The minimum Gasteiger partial charge on any atom is -0.480 e. The van der Waals surface area contributed by atoms with Gasteiger partial charge in [-0.25, -0.2) is 0 Å². The number of methoxy groups -OCH3 is 1. The van der Waals surface area contributed by atoms with Crippen molar-refractivity contribution in [3.05, 3.63) is 30.3 Å². The molecule has 1 heterocycles. The van der Waals surface area contributed by atoms with E-state index in [2.05, 4.69) is 20.3 Å². The van der Waals surface area contributed by atoms with Crippen molar-refractivity contribution >= 4 is 17.2 Å². The number of anilines is 3. The van der Waals surface area contributed by atoms with Gasteiger partial charge in [-0.1, -0.05) is 6.07 Å². The standard InChI is InChI=1S/C12H11F3N4O2/c1-20-10-6-5-9(18-19-10)17-7-3-2-4-8(11(7)16)21-12(13,14)15/h2-6H,16H2,1H3,(H,17,18). The van der Waals surface area contributed by atoms with Gasteiger partial charge in [0.15, 0.2) is 11.6 Å².